The quantitative estimate of drug-likeness (QED) is 0.346. The molecule has 0 fully saturated rings. The molecule has 4 aromatic rings. The van der Waals surface area contributed by atoms with Crippen LogP contribution in [0.2, 0.25) is 5.02 Å². The van der Waals surface area contributed by atoms with E-state index in [2.05, 4.69) is 45.7 Å². The molecule has 9 nitrogen and oxygen atoms in total. The average Bonchev–Trinajstić information content (AvgIpc) is 3.48. The van der Waals surface area contributed by atoms with E-state index >= 15 is 0 Å². The van der Waals surface area contributed by atoms with Gasteiger partial charge in [0.1, 0.15) is 18.5 Å². The van der Waals surface area contributed by atoms with Gasteiger partial charge in [-0.1, -0.05) is 54.1 Å². The lowest BCUT2D eigenvalue weighted by Crippen LogP contribution is -2.31. The van der Waals surface area contributed by atoms with Crippen molar-refractivity contribution in [2.75, 3.05) is 0 Å². The highest BCUT2D eigenvalue weighted by atomic mass is 35.5. The van der Waals surface area contributed by atoms with E-state index in [9.17, 15) is 9.59 Å². The maximum absolute atomic E-state index is 9.55. The third-order valence-corrected chi connectivity index (χ3v) is 5.41. The van der Waals surface area contributed by atoms with E-state index in [4.69, 9.17) is 26.8 Å². The molecule has 0 amide bonds. The molecule has 1 atom stereocenters. The summed E-state index contributed by atoms with van der Waals surface area (Å²) in [4.78, 5) is 28.0. The van der Waals surface area contributed by atoms with Crippen molar-refractivity contribution < 1.29 is 19.8 Å². The van der Waals surface area contributed by atoms with Crippen LogP contribution in [0.1, 0.15) is 17.2 Å². The lowest BCUT2D eigenvalue weighted by molar-refractivity contribution is -0.134. The normalized spacial score (nSPS) is 12.7. The number of aromatic nitrogens is 3. The minimum absolute atomic E-state index is 0.0210. The van der Waals surface area contributed by atoms with E-state index in [-0.39, 0.29) is 6.04 Å². The highest BCUT2D eigenvalue weighted by Crippen LogP contribution is 2.35. The first-order chi connectivity index (χ1) is 16.9. The topological polar surface area (TPSA) is 130 Å². The minimum Gasteiger partial charge on any atom is -0.478 e. The molecule has 0 saturated carbocycles. The first-order valence-corrected chi connectivity index (χ1v) is 10.9. The number of nitrogens with one attached hydrogen (secondary N) is 1. The molecular formula is C25H20ClN5O4. The molecule has 3 N–H and O–H groups in total. The molecule has 0 radical (unpaired) electrons. The number of benzene rings is 3. The van der Waals surface area contributed by atoms with Crippen molar-refractivity contribution in [3.8, 4) is 0 Å². The van der Waals surface area contributed by atoms with Gasteiger partial charge in [0.15, 0.2) is 0 Å². The van der Waals surface area contributed by atoms with Gasteiger partial charge < -0.3 is 15.5 Å². The van der Waals surface area contributed by atoms with Crippen LogP contribution >= 0.6 is 11.6 Å². The van der Waals surface area contributed by atoms with Crippen LogP contribution in [0, 0.1) is 0 Å². The Hall–Kier alpha value is -4.50. The Morgan fingerprint density at radius 2 is 1.69 bits per heavy atom. The largest absolute Gasteiger partial charge is 0.478 e. The second-order valence-electron chi connectivity index (χ2n) is 7.52. The van der Waals surface area contributed by atoms with Crippen LogP contribution < -0.4 is 5.32 Å². The molecule has 10 heteroatoms. The predicted molar refractivity (Wildman–Crippen MR) is 132 cm³/mol. The van der Waals surface area contributed by atoms with Crippen molar-refractivity contribution >= 4 is 45.8 Å². The van der Waals surface area contributed by atoms with Crippen LogP contribution in [-0.4, -0.2) is 42.8 Å². The Bertz CT molecular complexity index is 1390. The molecule has 0 bridgehead atoms. The summed E-state index contributed by atoms with van der Waals surface area (Å²) in [7, 11) is 0. The lowest BCUT2D eigenvalue weighted by Gasteiger charge is -2.21. The first kappa shape index (κ1) is 23.7. The number of amidine groups is 1. The van der Waals surface area contributed by atoms with Crippen molar-refractivity contribution in [3.63, 3.8) is 0 Å². The van der Waals surface area contributed by atoms with Crippen LogP contribution in [0.15, 0.2) is 90.5 Å². The molecule has 0 spiro atoms. The number of nitrogens with zero attached hydrogens (tertiary/aromatic N) is 4. The molecule has 1 aliphatic heterocycles. The number of rotatable bonds is 6. The average molecular weight is 490 g/mol. The zero-order valence-corrected chi connectivity index (χ0v) is 19.0. The summed E-state index contributed by atoms with van der Waals surface area (Å²) in [5.74, 6) is -1.64. The SMILES string of the molecule is Clc1ccc(C(Cn2cncn2)NC2=Nc3cccc4cccc2c34)cc1.O=C(O)C=CC(=O)O. The fraction of sp³-hybridized carbons (Fsp3) is 0.0800. The van der Waals surface area contributed by atoms with Crippen LogP contribution in [0.25, 0.3) is 10.8 Å². The molecule has 0 saturated heterocycles. The van der Waals surface area contributed by atoms with Gasteiger partial charge in [0.05, 0.1) is 18.3 Å². The van der Waals surface area contributed by atoms with Gasteiger partial charge in [-0.15, -0.1) is 0 Å². The molecule has 1 aliphatic rings. The highest BCUT2D eigenvalue weighted by Gasteiger charge is 2.22. The summed E-state index contributed by atoms with van der Waals surface area (Å²) in [6.45, 7) is 0.632. The number of aliphatic imine (C=N–C) groups is 1. The Kier molecular flexibility index (Phi) is 7.18. The Morgan fingerprint density at radius 1 is 1.00 bits per heavy atom. The van der Waals surface area contributed by atoms with E-state index in [0.29, 0.717) is 23.7 Å². The second kappa shape index (κ2) is 10.6. The van der Waals surface area contributed by atoms with E-state index in [1.165, 1.54) is 10.8 Å². The van der Waals surface area contributed by atoms with Gasteiger partial charge in [0.2, 0.25) is 0 Å². The molecule has 176 valence electrons. The maximum atomic E-state index is 9.55. The predicted octanol–water partition coefficient (Wildman–Crippen LogP) is 4.22. The number of carboxylic acids is 2. The van der Waals surface area contributed by atoms with Crippen LogP contribution in [0.3, 0.4) is 0 Å². The van der Waals surface area contributed by atoms with Gasteiger partial charge in [-0.2, -0.15) is 5.10 Å². The number of carbonyl (C=O) groups is 2. The van der Waals surface area contributed by atoms with Crippen molar-refractivity contribution in [1.82, 2.24) is 20.1 Å². The van der Waals surface area contributed by atoms with Gasteiger partial charge in [-0.25, -0.2) is 19.6 Å². The fourth-order valence-electron chi connectivity index (χ4n) is 3.65. The molecule has 0 aliphatic carbocycles. The number of carboxylic acid groups (broad SMARTS) is 2. The van der Waals surface area contributed by atoms with Crippen molar-refractivity contribution in [3.05, 3.63) is 102 Å². The molecule has 5 rings (SSSR count). The van der Waals surface area contributed by atoms with E-state index in [1.807, 2.05) is 35.0 Å². The second-order valence-corrected chi connectivity index (χ2v) is 7.95. The van der Waals surface area contributed by atoms with Gasteiger partial charge in [-0.3, -0.25) is 4.68 Å². The summed E-state index contributed by atoms with van der Waals surface area (Å²) >= 11 is 6.07. The molecule has 2 heterocycles. The number of halogens is 1. The summed E-state index contributed by atoms with van der Waals surface area (Å²) in [6, 6.07) is 20.3. The molecule has 35 heavy (non-hydrogen) atoms. The first-order valence-electron chi connectivity index (χ1n) is 10.5. The van der Waals surface area contributed by atoms with Gasteiger partial charge in [-0.05, 0) is 29.1 Å². The zero-order valence-electron chi connectivity index (χ0n) is 18.2. The summed E-state index contributed by atoms with van der Waals surface area (Å²) in [6.07, 6.45) is 4.38. The summed E-state index contributed by atoms with van der Waals surface area (Å²) in [5.41, 5.74) is 3.24. The van der Waals surface area contributed by atoms with Crippen LogP contribution in [0.5, 0.6) is 0 Å². The van der Waals surface area contributed by atoms with Crippen LogP contribution in [-0.2, 0) is 16.1 Å². The Labute approximate surface area is 205 Å². The van der Waals surface area contributed by atoms with Crippen molar-refractivity contribution in [2.45, 2.75) is 12.6 Å². The maximum Gasteiger partial charge on any atom is 0.328 e. The minimum atomic E-state index is -1.26. The molecule has 1 unspecified atom stereocenters. The number of hydrogen-bond acceptors (Lipinski definition) is 6. The Balaban J connectivity index is 0.000000314. The summed E-state index contributed by atoms with van der Waals surface area (Å²) in [5, 5.41) is 26.6. The number of aliphatic carboxylic acids is 2. The lowest BCUT2D eigenvalue weighted by atomic mass is 10.0. The highest BCUT2D eigenvalue weighted by molar-refractivity contribution is 6.30. The van der Waals surface area contributed by atoms with Crippen molar-refractivity contribution in [2.24, 2.45) is 4.99 Å². The van der Waals surface area contributed by atoms with Gasteiger partial charge >= 0.3 is 11.9 Å². The van der Waals surface area contributed by atoms with Gasteiger partial charge in [0, 0.05) is 28.1 Å². The van der Waals surface area contributed by atoms with Crippen molar-refractivity contribution in [1.29, 1.82) is 0 Å². The monoisotopic (exact) mass is 489 g/mol. The van der Waals surface area contributed by atoms with Crippen LogP contribution in [0.4, 0.5) is 5.69 Å². The smallest absolute Gasteiger partial charge is 0.328 e. The van der Waals surface area contributed by atoms with E-state index < -0.39 is 11.9 Å². The Morgan fingerprint density at radius 3 is 2.31 bits per heavy atom. The van der Waals surface area contributed by atoms with Gasteiger partial charge in [0.25, 0.3) is 0 Å². The molecular weight excluding hydrogens is 470 g/mol. The third-order valence-electron chi connectivity index (χ3n) is 5.16. The zero-order chi connectivity index (χ0) is 24.8. The summed E-state index contributed by atoms with van der Waals surface area (Å²) < 4.78 is 1.81. The van der Waals surface area contributed by atoms with E-state index in [1.54, 1.807) is 12.7 Å². The molecule has 3 aromatic carbocycles. The van der Waals surface area contributed by atoms with E-state index in [0.717, 1.165) is 22.6 Å². The standard InChI is InChI=1S/C21H16ClN5.C4H4O4/c22-16-9-7-14(8-10-16)19(11-27-13-23-12-24-27)26-21-17-5-1-3-15-4-2-6-18(25-21)20(15)17;5-3(6)1-2-4(7)8/h1-10,12-13,19H,11H2,(H,25,26);1-2H,(H,5,6)(H,7,8). The third kappa shape index (κ3) is 5.90. The fourth-order valence-corrected chi connectivity index (χ4v) is 3.78. The number of hydrogen-bond donors (Lipinski definition) is 3. The molecule has 1 aromatic heterocycles.